The molecule has 2 aliphatic heterocycles. The average Bonchev–Trinajstić information content (AvgIpc) is 2.32. The van der Waals surface area contributed by atoms with Crippen molar-refractivity contribution in [1.29, 1.82) is 0 Å². The first-order valence-electron chi connectivity index (χ1n) is 4.39. The lowest BCUT2D eigenvalue weighted by Gasteiger charge is -2.34. The van der Waals surface area contributed by atoms with Gasteiger partial charge in [0.25, 0.3) is 0 Å². The van der Waals surface area contributed by atoms with Gasteiger partial charge >= 0.3 is 0 Å². The van der Waals surface area contributed by atoms with E-state index in [2.05, 4.69) is 10.2 Å². The van der Waals surface area contributed by atoms with Crippen molar-refractivity contribution in [3.63, 3.8) is 0 Å². The van der Waals surface area contributed by atoms with Gasteiger partial charge in [-0.25, -0.2) is 0 Å². The second-order valence-electron chi connectivity index (χ2n) is 3.46. The molecule has 64 valence electrons. The van der Waals surface area contributed by atoms with Gasteiger partial charge in [0, 0.05) is 19.1 Å². The molecule has 0 radical (unpaired) electrons. The summed E-state index contributed by atoms with van der Waals surface area (Å²) in [6, 6.07) is 1.45. The highest BCUT2D eigenvalue weighted by molar-refractivity contribution is 4.87. The van der Waals surface area contributed by atoms with Crippen molar-refractivity contribution in [2.75, 3.05) is 33.4 Å². The fourth-order valence-corrected chi connectivity index (χ4v) is 1.79. The Morgan fingerprint density at radius 3 is 2.73 bits per heavy atom. The van der Waals surface area contributed by atoms with Crippen LogP contribution < -0.4 is 5.32 Å². The van der Waals surface area contributed by atoms with Crippen LogP contribution in [0, 0.1) is 0 Å². The van der Waals surface area contributed by atoms with Crippen molar-refractivity contribution in [3.05, 3.63) is 0 Å². The third-order valence-electron chi connectivity index (χ3n) is 2.76. The van der Waals surface area contributed by atoms with Gasteiger partial charge < -0.3 is 10.1 Å². The number of hydrogen-bond donors (Lipinski definition) is 1. The summed E-state index contributed by atoms with van der Waals surface area (Å²) in [6.45, 7) is 4.37. The Morgan fingerprint density at radius 1 is 1.45 bits per heavy atom. The highest BCUT2D eigenvalue weighted by Crippen LogP contribution is 2.17. The van der Waals surface area contributed by atoms with E-state index in [0.29, 0.717) is 0 Å². The quantitative estimate of drug-likeness (QED) is 0.593. The van der Waals surface area contributed by atoms with Gasteiger partial charge in [0.15, 0.2) is 0 Å². The summed E-state index contributed by atoms with van der Waals surface area (Å²) in [4.78, 5) is 2.53. The molecule has 0 spiro atoms. The van der Waals surface area contributed by atoms with Crippen LogP contribution in [0.2, 0.25) is 0 Å². The zero-order valence-electron chi connectivity index (χ0n) is 7.05. The molecule has 11 heavy (non-hydrogen) atoms. The van der Waals surface area contributed by atoms with Gasteiger partial charge in [0.2, 0.25) is 0 Å². The Kier molecular flexibility index (Phi) is 2.11. The fourth-order valence-electron chi connectivity index (χ4n) is 1.79. The molecule has 0 aromatic carbocycles. The van der Waals surface area contributed by atoms with Crippen molar-refractivity contribution in [2.45, 2.75) is 18.5 Å². The summed E-state index contributed by atoms with van der Waals surface area (Å²) in [6.07, 6.45) is 1.30. The van der Waals surface area contributed by atoms with Gasteiger partial charge in [-0.1, -0.05) is 0 Å². The van der Waals surface area contributed by atoms with Crippen molar-refractivity contribution >= 4 is 0 Å². The Bertz CT molecular complexity index is 136. The maximum absolute atomic E-state index is 5.15. The Morgan fingerprint density at radius 2 is 2.27 bits per heavy atom. The van der Waals surface area contributed by atoms with Crippen LogP contribution in [0.4, 0.5) is 0 Å². The smallest absolute Gasteiger partial charge is 0.0645 e. The first kappa shape index (κ1) is 7.53. The molecule has 1 N–H and O–H groups in total. The van der Waals surface area contributed by atoms with Crippen LogP contribution in [0.3, 0.4) is 0 Å². The standard InChI is InChI=1S/C8H16N2O/c1-9-7-2-3-10(4-7)8-5-11-6-8/h7-9H,2-6H2,1H3/t7-/m0/s1. The molecule has 2 rings (SSSR count). The van der Waals surface area contributed by atoms with E-state index < -0.39 is 0 Å². The predicted octanol–water partition coefficient (Wildman–Crippen LogP) is -0.321. The second-order valence-corrected chi connectivity index (χ2v) is 3.46. The summed E-state index contributed by atoms with van der Waals surface area (Å²) >= 11 is 0. The van der Waals surface area contributed by atoms with Gasteiger partial charge in [-0.15, -0.1) is 0 Å². The molecule has 0 amide bonds. The molecule has 0 aromatic rings. The molecule has 2 aliphatic rings. The van der Waals surface area contributed by atoms with E-state index in [0.717, 1.165) is 25.3 Å². The molecule has 0 saturated carbocycles. The van der Waals surface area contributed by atoms with E-state index in [1.807, 2.05) is 7.05 Å². The molecule has 3 nitrogen and oxygen atoms in total. The third kappa shape index (κ3) is 1.41. The average molecular weight is 156 g/mol. The van der Waals surface area contributed by atoms with Crippen molar-refractivity contribution in [1.82, 2.24) is 10.2 Å². The Balaban J connectivity index is 1.79. The molecule has 0 aliphatic carbocycles. The molecule has 3 heteroatoms. The largest absolute Gasteiger partial charge is 0.378 e. The van der Waals surface area contributed by atoms with E-state index in [4.69, 9.17) is 4.74 Å². The molecular formula is C8H16N2O. The molecule has 0 unspecified atom stereocenters. The predicted molar refractivity (Wildman–Crippen MR) is 43.6 cm³/mol. The van der Waals surface area contributed by atoms with Crippen LogP contribution in [0.1, 0.15) is 6.42 Å². The zero-order valence-corrected chi connectivity index (χ0v) is 7.05. The van der Waals surface area contributed by atoms with E-state index in [-0.39, 0.29) is 0 Å². The molecule has 2 saturated heterocycles. The first-order valence-corrected chi connectivity index (χ1v) is 4.39. The van der Waals surface area contributed by atoms with E-state index >= 15 is 0 Å². The lowest BCUT2D eigenvalue weighted by Crippen LogP contribution is -2.48. The normalized spacial score (nSPS) is 34.1. The lowest BCUT2D eigenvalue weighted by molar-refractivity contribution is -0.0574. The molecule has 2 fully saturated rings. The number of rotatable bonds is 2. The minimum absolute atomic E-state index is 0.718. The van der Waals surface area contributed by atoms with Crippen molar-refractivity contribution in [2.24, 2.45) is 0 Å². The molecule has 0 aromatic heterocycles. The summed E-state index contributed by atoms with van der Waals surface area (Å²) in [7, 11) is 2.05. The monoisotopic (exact) mass is 156 g/mol. The number of likely N-dealkylation sites (tertiary alicyclic amines) is 1. The maximum atomic E-state index is 5.15. The van der Waals surface area contributed by atoms with E-state index in [9.17, 15) is 0 Å². The van der Waals surface area contributed by atoms with Gasteiger partial charge in [0.05, 0.1) is 19.3 Å². The van der Waals surface area contributed by atoms with Crippen LogP contribution in [-0.4, -0.2) is 50.3 Å². The molecule has 0 bridgehead atoms. The molecule has 1 atom stereocenters. The van der Waals surface area contributed by atoms with Crippen molar-refractivity contribution in [3.8, 4) is 0 Å². The second kappa shape index (κ2) is 3.09. The molecule has 2 heterocycles. The lowest BCUT2D eigenvalue weighted by atomic mass is 10.2. The van der Waals surface area contributed by atoms with Crippen LogP contribution in [-0.2, 0) is 4.74 Å². The van der Waals surface area contributed by atoms with Crippen LogP contribution in [0.25, 0.3) is 0 Å². The summed E-state index contributed by atoms with van der Waals surface area (Å²) in [5, 5.41) is 3.31. The van der Waals surface area contributed by atoms with Crippen LogP contribution in [0.15, 0.2) is 0 Å². The van der Waals surface area contributed by atoms with Gasteiger partial charge in [-0.3, -0.25) is 4.90 Å². The Hall–Kier alpha value is -0.120. The number of likely N-dealkylation sites (N-methyl/N-ethyl adjacent to an activating group) is 1. The Labute approximate surface area is 67.7 Å². The highest BCUT2D eigenvalue weighted by atomic mass is 16.5. The zero-order chi connectivity index (χ0) is 7.68. The number of nitrogens with zero attached hydrogens (tertiary/aromatic N) is 1. The topological polar surface area (TPSA) is 24.5 Å². The summed E-state index contributed by atoms with van der Waals surface area (Å²) in [5.41, 5.74) is 0. The minimum atomic E-state index is 0.718. The number of hydrogen-bond acceptors (Lipinski definition) is 3. The van der Waals surface area contributed by atoms with Crippen LogP contribution >= 0.6 is 0 Å². The van der Waals surface area contributed by atoms with Crippen LogP contribution in [0.5, 0.6) is 0 Å². The summed E-state index contributed by atoms with van der Waals surface area (Å²) < 4.78 is 5.15. The number of ether oxygens (including phenoxy) is 1. The fraction of sp³-hybridized carbons (Fsp3) is 1.00. The first-order chi connectivity index (χ1) is 5.40. The summed E-state index contributed by atoms with van der Waals surface area (Å²) in [5.74, 6) is 0. The van der Waals surface area contributed by atoms with Gasteiger partial charge in [-0.05, 0) is 13.5 Å². The maximum Gasteiger partial charge on any atom is 0.0645 e. The minimum Gasteiger partial charge on any atom is -0.378 e. The van der Waals surface area contributed by atoms with E-state index in [1.54, 1.807) is 0 Å². The SMILES string of the molecule is CN[C@H]1CCN(C2COC2)C1. The van der Waals surface area contributed by atoms with Gasteiger partial charge in [-0.2, -0.15) is 0 Å². The third-order valence-corrected chi connectivity index (χ3v) is 2.76. The van der Waals surface area contributed by atoms with Crippen molar-refractivity contribution < 1.29 is 4.74 Å². The highest BCUT2D eigenvalue weighted by Gasteiger charge is 2.31. The number of nitrogens with one attached hydrogen (secondary N) is 1. The van der Waals surface area contributed by atoms with Gasteiger partial charge in [0.1, 0.15) is 0 Å². The van der Waals surface area contributed by atoms with E-state index in [1.165, 1.54) is 19.5 Å². The molecular weight excluding hydrogens is 140 g/mol.